The summed E-state index contributed by atoms with van der Waals surface area (Å²) >= 11 is 1.60. The molecule has 1 aromatic heterocycles. The number of piperidine rings is 1. The number of hydrogen-bond acceptors (Lipinski definition) is 8. The molecule has 2 aliphatic rings. The van der Waals surface area contributed by atoms with Crippen LogP contribution in [-0.4, -0.2) is 88.6 Å². The summed E-state index contributed by atoms with van der Waals surface area (Å²) in [7, 11) is 0. The van der Waals surface area contributed by atoms with Gasteiger partial charge in [0.1, 0.15) is 24.3 Å². The smallest absolute Gasteiger partial charge is 0.410 e. The molecule has 12 heteroatoms. The summed E-state index contributed by atoms with van der Waals surface area (Å²) < 4.78 is 11.4. The first-order valence-electron chi connectivity index (χ1n) is 16.5. The highest BCUT2D eigenvalue weighted by Crippen LogP contribution is 2.29. The number of likely N-dealkylation sites (tertiary alicyclic amines) is 2. The van der Waals surface area contributed by atoms with Crippen LogP contribution < -0.4 is 10.6 Å². The molecule has 2 saturated heterocycles. The number of aromatic nitrogens is 1. The van der Waals surface area contributed by atoms with Crippen LogP contribution in [0.3, 0.4) is 0 Å². The van der Waals surface area contributed by atoms with E-state index in [-0.39, 0.29) is 30.6 Å². The molecule has 4 amide bonds. The van der Waals surface area contributed by atoms with Crippen LogP contribution in [0.2, 0.25) is 0 Å². The van der Waals surface area contributed by atoms with Gasteiger partial charge in [-0.25, -0.2) is 9.78 Å². The van der Waals surface area contributed by atoms with Crippen LogP contribution in [-0.2, 0) is 23.9 Å². The Labute approximate surface area is 282 Å². The van der Waals surface area contributed by atoms with Crippen molar-refractivity contribution in [1.82, 2.24) is 25.4 Å². The fraction of sp³-hybridized carbons (Fsp3) is 0.629. The van der Waals surface area contributed by atoms with Gasteiger partial charge in [0.15, 0.2) is 0 Å². The predicted octanol–water partition coefficient (Wildman–Crippen LogP) is 5.23. The highest BCUT2D eigenvalue weighted by Gasteiger charge is 2.42. The molecule has 2 fully saturated rings. The molecule has 1 aromatic carbocycles. The summed E-state index contributed by atoms with van der Waals surface area (Å²) in [6.45, 7) is 16.2. The predicted molar refractivity (Wildman–Crippen MR) is 182 cm³/mol. The number of rotatable bonds is 9. The average molecular weight is 670 g/mol. The molecule has 4 atom stereocenters. The fourth-order valence-corrected chi connectivity index (χ4v) is 6.79. The van der Waals surface area contributed by atoms with Crippen molar-refractivity contribution in [2.24, 2.45) is 5.41 Å². The van der Waals surface area contributed by atoms with E-state index in [0.29, 0.717) is 38.9 Å². The highest BCUT2D eigenvalue weighted by atomic mass is 32.1. The summed E-state index contributed by atoms with van der Waals surface area (Å²) in [5.41, 5.74) is 3.66. The number of hydrogen-bond donors (Lipinski definition) is 2. The molecule has 11 nitrogen and oxygen atoms in total. The van der Waals surface area contributed by atoms with E-state index < -0.39 is 35.1 Å². The van der Waals surface area contributed by atoms with Gasteiger partial charge in [-0.15, -0.1) is 11.3 Å². The first kappa shape index (κ1) is 36.3. The van der Waals surface area contributed by atoms with Crippen LogP contribution >= 0.6 is 11.3 Å². The van der Waals surface area contributed by atoms with Crippen molar-refractivity contribution in [3.8, 4) is 10.4 Å². The Kier molecular flexibility index (Phi) is 11.7. The van der Waals surface area contributed by atoms with E-state index in [1.807, 2.05) is 85.2 Å². The maximum Gasteiger partial charge on any atom is 0.410 e. The zero-order valence-electron chi connectivity index (χ0n) is 29.1. The molecular weight excluding hydrogens is 618 g/mol. The Morgan fingerprint density at radius 2 is 1.68 bits per heavy atom. The monoisotopic (exact) mass is 669 g/mol. The van der Waals surface area contributed by atoms with Gasteiger partial charge in [-0.1, -0.05) is 45.0 Å². The van der Waals surface area contributed by atoms with Crippen molar-refractivity contribution in [3.05, 3.63) is 41.0 Å². The minimum absolute atomic E-state index is 0.208. The van der Waals surface area contributed by atoms with Gasteiger partial charge in [0, 0.05) is 13.1 Å². The van der Waals surface area contributed by atoms with Gasteiger partial charge in [0.25, 0.3) is 0 Å². The molecule has 0 aliphatic carbocycles. The molecule has 3 heterocycles. The third kappa shape index (κ3) is 9.76. The summed E-state index contributed by atoms with van der Waals surface area (Å²) in [4.78, 5) is 61.7. The van der Waals surface area contributed by atoms with Gasteiger partial charge in [0.2, 0.25) is 17.7 Å². The summed E-state index contributed by atoms with van der Waals surface area (Å²) in [6, 6.07) is 6.36. The van der Waals surface area contributed by atoms with E-state index in [4.69, 9.17) is 9.47 Å². The molecule has 0 bridgehead atoms. The van der Waals surface area contributed by atoms with Crippen molar-refractivity contribution in [2.75, 3.05) is 26.2 Å². The second kappa shape index (κ2) is 15.1. The number of nitrogens with zero attached hydrogens (tertiary/aromatic N) is 3. The lowest BCUT2D eigenvalue weighted by atomic mass is 9.85. The van der Waals surface area contributed by atoms with E-state index in [9.17, 15) is 19.2 Å². The lowest BCUT2D eigenvalue weighted by Gasteiger charge is -2.36. The third-order valence-corrected chi connectivity index (χ3v) is 9.49. The van der Waals surface area contributed by atoms with E-state index in [1.54, 1.807) is 21.1 Å². The van der Waals surface area contributed by atoms with Gasteiger partial charge in [-0.2, -0.15) is 0 Å². The van der Waals surface area contributed by atoms with Gasteiger partial charge in [-0.3, -0.25) is 14.4 Å². The van der Waals surface area contributed by atoms with Crippen LogP contribution in [0.4, 0.5) is 4.79 Å². The number of aryl methyl sites for hydroxylation is 1. The van der Waals surface area contributed by atoms with Gasteiger partial charge < -0.3 is 29.9 Å². The molecule has 258 valence electrons. The number of nitrogens with one attached hydrogen (secondary N) is 2. The third-order valence-electron chi connectivity index (χ3n) is 8.51. The normalized spacial score (nSPS) is 20.0. The Hall–Kier alpha value is -3.51. The Morgan fingerprint density at radius 3 is 2.30 bits per heavy atom. The largest absolute Gasteiger partial charge is 0.444 e. The molecule has 2 aliphatic heterocycles. The Morgan fingerprint density at radius 1 is 1.00 bits per heavy atom. The molecule has 4 rings (SSSR count). The van der Waals surface area contributed by atoms with E-state index in [2.05, 4.69) is 15.6 Å². The molecule has 2 unspecified atom stereocenters. The molecule has 2 aromatic rings. The van der Waals surface area contributed by atoms with E-state index in [1.165, 1.54) is 0 Å². The molecule has 0 saturated carbocycles. The standard InChI is InChI=1S/C35H51N5O6S/c1-22(24-13-15-25(16-14-24)29-23(2)36-21-47-29)37-31(42)27-12-10-18-40(27)32(43)30(34(3,4)5)38-28(41)20-45-26-11-9-17-39(19-26)33(44)46-35(6,7)8/h13-16,21-22,26-27,30H,9-12,17-20H2,1-8H3,(H,37,42)(H,38,41)/t22-,26?,27-,30?/m0/s1. The molecule has 47 heavy (non-hydrogen) atoms. The van der Waals surface area contributed by atoms with Crippen molar-refractivity contribution >= 4 is 35.2 Å². The van der Waals surface area contributed by atoms with Crippen molar-refractivity contribution < 1.29 is 28.7 Å². The minimum atomic E-state index is -0.850. The van der Waals surface area contributed by atoms with Crippen LogP contribution in [0.1, 0.15) is 91.4 Å². The number of ether oxygens (including phenoxy) is 2. The average Bonchev–Trinajstić information content (AvgIpc) is 3.67. The Bertz CT molecular complexity index is 1410. The van der Waals surface area contributed by atoms with Gasteiger partial charge >= 0.3 is 6.09 Å². The maximum absolute atomic E-state index is 13.9. The molecular formula is C35H51N5O6S. The minimum Gasteiger partial charge on any atom is -0.444 e. The van der Waals surface area contributed by atoms with Crippen LogP contribution in [0.15, 0.2) is 29.8 Å². The number of carbonyl (C=O) groups is 4. The molecule has 2 N–H and O–H groups in total. The van der Waals surface area contributed by atoms with E-state index >= 15 is 0 Å². The number of amides is 4. The number of benzene rings is 1. The first-order valence-corrected chi connectivity index (χ1v) is 17.4. The van der Waals surface area contributed by atoms with E-state index in [0.717, 1.165) is 28.1 Å². The second-order valence-electron chi connectivity index (χ2n) is 14.7. The summed E-state index contributed by atoms with van der Waals surface area (Å²) in [5.74, 6) is -0.910. The summed E-state index contributed by atoms with van der Waals surface area (Å²) in [6.07, 6.45) is 2.00. The van der Waals surface area contributed by atoms with Crippen LogP contribution in [0, 0.1) is 12.3 Å². The molecule has 0 spiro atoms. The quantitative estimate of drug-likeness (QED) is 0.374. The highest BCUT2D eigenvalue weighted by molar-refractivity contribution is 7.13. The maximum atomic E-state index is 13.9. The summed E-state index contributed by atoms with van der Waals surface area (Å²) in [5, 5.41) is 5.99. The SMILES string of the molecule is Cc1ncsc1-c1ccc([C@H](C)NC(=O)[C@@H]2CCCN2C(=O)C(NC(=O)COC2CCCN(C(=O)OC(C)(C)C)C2)C(C)(C)C)cc1. The zero-order valence-corrected chi connectivity index (χ0v) is 29.9. The zero-order chi connectivity index (χ0) is 34.5. The lowest BCUT2D eigenvalue weighted by Crippen LogP contribution is -2.58. The van der Waals surface area contributed by atoms with Gasteiger partial charge in [-0.05, 0) is 76.8 Å². The fourth-order valence-electron chi connectivity index (χ4n) is 5.98. The van der Waals surface area contributed by atoms with Crippen LogP contribution in [0.25, 0.3) is 10.4 Å². The van der Waals surface area contributed by atoms with Crippen molar-refractivity contribution in [1.29, 1.82) is 0 Å². The first-order chi connectivity index (χ1) is 22.0. The number of thiazole rings is 1. The van der Waals surface area contributed by atoms with Gasteiger partial charge in [0.05, 0.1) is 34.8 Å². The van der Waals surface area contributed by atoms with Crippen LogP contribution in [0.5, 0.6) is 0 Å². The van der Waals surface area contributed by atoms with Crippen molar-refractivity contribution in [2.45, 2.75) is 111 Å². The van der Waals surface area contributed by atoms with Crippen molar-refractivity contribution in [3.63, 3.8) is 0 Å². The lowest BCUT2D eigenvalue weighted by molar-refractivity contribution is -0.145. The number of carbonyl (C=O) groups excluding carboxylic acids is 4. The molecule has 0 radical (unpaired) electrons. The second-order valence-corrected chi connectivity index (χ2v) is 15.5. The topological polar surface area (TPSA) is 130 Å². The Balaban J connectivity index is 1.33.